The molecule has 0 bridgehead atoms. The average Bonchev–Trinajstić information content (AvgIpc) is 3.69. The molecule has 4 aromatic rings. The summed E-state index contributed by atoms with van der Waals surface area (Å²) in [6, 6.07) is 16.0. The van der Waals surface area contributed by atoms with Crippen molar-refractivity contribution < 1.29 is 13.2 Å². The van der Waals surface area contributed by atoms with Gasteiger partial charge in [0.15, 0.2) is 0 Å². The quantitative estimate of drug-likeness (QED) is 0.109. The fourth-order valence-corrected chi connectivity index (χ4v) is 5.90. The van der Waals surface area contributed by atoms with Crippen LogP contribution in [0.1, 0.15) is 60.7 Å². The van der Waals surface area contributed by atoms with Crippen molar-refractivity contribution in [2.24, 2.45) is 0 Å². The minimum atomic E-state index is -2.53. The van der Waals surface area contributed by atoms with Crippen molar-refractivity contribution in [2.45, 2.75) is 57.2 Å². The molecule has 1 saturated carbocycles. The van der Waals surface area contributed by atoms with Gasteiger partial charge in [0.05, 0.1) is 39.6 Å². The normalized spacial score (nSPS) is 16.7. The number of nitrogens with one attached hydrogen (secondary N) is 4. The van der Waals surface area contributed by atoms with Crippen molar-refractivity contribution in [3.63, 3.8) is 0 Å². The summed E-state index contributed by atoms with van der Waals surface area (Å²) in [5.41, 5.74) is 9.86. The van der Waals surface area contributed by atoms with Gasteiger partial charge in [0.1, 0.15) is 5.54 Å². The second kappa shape index (κ2) is 11.9. The Bertz CT molecular complexity index is 1770. The van der Waals surface area contributed by atoms with Crippen LogP contribution in [-0.2, 0) is 0 Å². The fraction of sp³-hybridized carbons (Fsp3) is 0.273. The summed E-state index contributed by atoms with van der Waals surface area (Å²) < 4.78 is 41.8. The molecule has 4 N–H and O–H groups in total. The second-order valence-electron chi connectivity index (χ2n) is 11.0. The maximum absolute atomic E-state index is 14.0. The predicted octanol–water partition coefficient (Wildman–Crippen LogP) is 7.39. The Hall–Kier alpha value is -4.46. The summed E-state index contributed by atoms with van der Waals surface area (Å²) in [6.45, 7) is 3.79. The predicted molar refractivity (Wildman–Crippen MR) is 167 cm³/mol. The fourth-order valence-electron chi connectivity index (χ4n) is 5.63. The third-order valence-corrected chi connectivity index (χ3v) is 8.56. The molecule has 1 fully saturated rings. The van der Waals surface area contributed by atoms with Gasteiger partial charge in [0.25, 0.3) is 6.43 Å². The molecule has 0 unspecified atom stereocenters. The first-order valence-corrected chi connectivity index (χ1v) is 14.7. The van der Waals surface area contributed by atoms with Crippen molar-refractivity contribution >= 4 is 33.9 Å². The first-order valence-electron chi connectivity index (χ1n) is 14.3. The van der Waals surface area contributed by atoms with Crippen molar-refractivity contribution in [1.29, 1.82) is 0 Å². The summed E-state index contributed by atoms with van der Waals surface area (Å²) in [7, 11) is 0. The van der Waals surface area contributed by atoms with E-state index in [1.54, 1.807) is 31.5 Å². The molecular weight excluding hydrogens is 587 g/mol. The lowest BCUT2D eigenvalue weighted by Gasteiger charge is -2.25. The highest BCUT2D eigenvalue weighted by Gasteiger charge is 2.56. The van der Waals surface area contributed by atoms with E-state index in [0.717, 1.165) is 12.0 Å². The number of nitrogens with zero attached hydrogens (tertiary/aromatic N) is 3. The largest absolute Gasteiger partial charge is 0.377 e. The molecular formula is C33H31ClF3N7. The van der Waals surface area contributed by atoms with Gasteiger partial charge in [-0.05, 0) is 49.9 Å². The molecule has 2 aromatic carbocycles. The highest BCUT2D eigenvalue weighted by molar-refractivity contribution is 6.35. The Morgan fingerprint density at radius 1 is 1.14 bits per heavy atom. The summed E-state index contributed by atoms with van der Waals surface area (Å²) in [6.07, 6.45) is 8.16. The van der Waals surface area contributed by atoms with Gasteiger partial charge in [-0.15, -0.1) is 12.0 Å². The zero-order chi connectivity index (χ0) is 31.0. The Morgan fingerprint density at radius 3 is 2.57 bits per heavy atom. The molecule has 3 heterocycles. The SMILES string of the molecule is C#Cc1cnc2c(Cl)cc(N[C@H](C3=CN(C4(C(F)F)CC4)NN3)c3ccc(F)nc3C)cc2c1N[C@H](CC)c1ccccc1. The van der Waals surface area contributed by atoms with Gasteiger partial charge in [-0.1, -0.05) is 60.8 Å². The second-order valence-corrected chi connectivity index (χ2v) is 11.4. The molecule has 2 atom stereocenters. The highest BCUT2D eigenvalue weighted by atomic mass is 35.5. The maximum Gasteiger partial charge on any atom is 0.262 e. The Morgan fingerprint density at radius 2 is 1.91 bits per heavy atom. The first kappa shape index (κ1) is 29.6. The van der Waals surface area contributed by atoms with Gasteiger partial charge < -0.3 is 16.1 Å². The van der Waals surface area contributed by atoms with E-state index >= 15 is 0 Å². The number of hydrogen-bond acceptors (Lipinski definition) is 7. The highest BCUT2D eigenvalue weighted by Crippen LogP contribution is 2.47. The van der Waals surface area contributed by atoms with Gasteiger partial charge in [-0.25, -0.2) is 13.8 Å². The van der Waals surface area contributed by atoms with Crippen molar-refractivity contribution in [1.82, 2.24) is 25.9 Å². The Balaban J connectivity index is 1.42. The molecule has 2 aliphatic rings. The summed E-state index contributed by atoms with van der Waals surface area (Å²) in [5, 5.41) is 9.62. The van der Waals surface area contributed by atoms with E-state index < -0.39 is 24.0 Å². The molecule has 226 valence electrons. The smallest absolute Gasteiger partial charge is 0.262 e. The van der Waals surface area contributed by atoms with Gasteiger partial charge in [0, 0.05) is 34.7 Å². The molecule has 6 rings (SSSR count). The number of halogens is 4. The number of alkyl halides is 2. The first-order chi connectivity index (χ1) is 21.2. The van der Waals surface area contributed by atoms with E-state index in [2.05, 4.69) is 56.5 Å². The van der Waals surface area contributed by atoms with Gasteiger partial charge in [-0.2, -0.15) is 4.39 Å². The van der Waals surface area contributed by atoms with E-state index in [0.29, 0.717) is 62.7 Å². The van der Waals surface area contributed by atoms with Gasteiger partial charge in [0.2, 0.25) is 5.95 Å². The van der Waals surface area contributed by atoms with Crippen molar-refractivity contribution in [3.05, 3.63) is 106 Å². The zero-order valence-corrected chi connectivity index (χ0v) is 24.9. The van der Waals surface area contributed by atoms with Gasteiger partial charge >= 0.3 is 0 Å². The number of rotatable bonds is 10. The number of hydrazine groups is 2. The maximum atomic E-state index is 14.0. The number of fused-ring (bicyclic) bond motifs is 1. The van der Waals surface area contributed by atoms with Crippen LogP contribution in [0.15, 0.2) is 72.7 Å². The van der Waals surface area contributed by atoms with E-state index in [4.69, 9.17) is 18.0 Å². The molecule has 0 amide bonds. The Kier molecular flexibility index (Phi) is 8.01. The van der Waals surface area contributed by atoms with Crippen molar-refractivity contribution in [3.8, 4) is 12.3 Å². The van der Waals surface area contributed by atoms with Crippen LogP contribution in [0.25, 0.3) is 10.9 Å². The van der Waals surface area contributed by atoms with Crippen molar-refractivity contribution in [2.75, 3.05) is 10.6 Å². The summed E-state index contributed by atoms with van der Waals surface area (Å²) in [4.78, 5) is 8.56. The minimum absolute atomic E-state index is 0.0283. The summed E-state index contributed by atoms with van der Waals surface area (Å²) in [5.74, 6) is 2.12. The van der Waals surface area contributed by atoms with E-state index in [-0.39, 0.29) is 6.04 Å². The van der Waals surface area contributed by atoms with E-state index in [9.17, 15) is 13.2 Å². The standard InChI is InChI=1S/C33H31ClF3N7/c1-4-20-17-38-30-24(29(20)41-26(5-2)21-9-7-6-8-10-21)15-22(16-25(30)34)40-31(23-11-12-28(35)39-19(23)3)27-18-44(43-42-27)33(13-14-33)32(36)37/h1,6-12,15-18,26,31-32,40,42-43H,5,13-14H2,2-3H3,(H,38,41)/t26-,31+/m1/s1. The molecule has 2 aromatic heterocycles. The van der Waals surface area contributed by atoms with E-state index in [1.807, 2.05) is 24.3 Å². The number of pyridine rings is 2. The number of anilines is 2. The molecule has 44 heavy (non-hydrogen) atoms. The lowest BCUT2D eigenvalue weighted by atomic mass is 10.0. The third kappa shape index (κ3) is 5.49. The number of benzene rings is 2. The van der Waals surface area contributed by atoms with Crippen LogP contribution in [0.2, 0.25) is 5.02 Å². The molecule has 0 spiro atoms. The lowest BCUT2D eigenvalue weighted by Crippen LogP contribution is -2.48. The zero-order valence-electron chi connectivity index (χ0n) is 24.1. The number of aromatic nitrogens is 2. The van der Waals surface area contributed by atoms with E-state index in [1.165, 1.54) is 11.1 Å². The molecule has 1 aliphatic heterocycles. The molecule has 1 aliphatic carbocycles. The lowest BCUT2D eigenvalue weighted by molar-refractivity contribution is 0.00911. The van der Waals surface area contributed by atoms with Crippen LogP contribution >= 0.6 is 11.6 Å². The Labute approximate surface area is 258 Å². The van der Waals surface area contributed by atoms with Crippen LogP contribution in [0.3, 0.4) is 0 Å². The number of aryl methyl sites for hydroxylation is 1. The molecule has 7 nitrogen and oxygen atoms in total. The number of hydrogen-bond donors (Lipinski definition) is 4. The van der Waals surface area contributed by atoms with Crippen LogP contribution in [0, 0.1) is 25.2 Å². The van der Waals surface area contributed by atoms with Crippen LogP contribution in [-0.4, -0.2) is 26.9 Å². The van der Waals surface area contributed by atoms with Gasteiger partial charge in [-0.3, -0.25) is 9.99 Å². The number of terminal acetylenes is 1. The average molecular weight is 618 g/mol. The molecule has 0 saturated heterocycles. The molecule has 11 heteroatoms. The van der Waals surface area contributed by atoms with Crippen LogP contribution in [0.5, 0.6) is 0 Å². The monoisotopic (exact) mass is 617 g/mol. The minimum Gasteiger partial charge on any atom is -0.377 e. The molecule has 0 radical (unpaired) electrons. The van der Waals surface area contributed by atoms with Crippen LogP contribution < -0.4 is 21.6 Å². The van der Waals surface area contributed by atoms with Crippen LogP contribution in [0.4, 0.5) is 24.5 Å². The topological polar surface area (TPSA) is 77.1 Å². The third-order valence-electron chi connectivity index (χ3n) is 8.27. The summed E-state index contributed by atoms with van der Waals surface area (Å²) >= 11 is 6.81.